The first-order chi connectivity index (χ1) is 6.79. The molecule has 0 radical (unpaired) electrons. The lowest BCUT2D eigenvalue weighted by atomic mass is 10.2. The van der Waals surface area contributed by atoms with Gasteiger partial charge in [0.15, 0.2) is 0 Å². The van der Waals surface area contributed by atoms with Crippen molar-refractivity contribution in [1.82, 2.24) is 10.2 Å². The van der Waals surface area contributed by atoms with E-state index >= 15 is 0 Å². The van der Waals surface area contributed by atoms with Crippen LogP contribution in [0.4, 0.5) is 0 Å². The molecular formula is C10H20N2O2. The Labute approximate surface area is 85.6 Å². The Morgan fingerprint density at radius 3 is 3.07 bits per heavy atom. The first-order valence-corrected chi connectivity index (χ1v) is 5.22. The minimum atomic E-state index is 0.226. The minimum absolute atomic E-state index is 0.226. The molecule has 1 amide bonds. The second-order valence-corrected chi connectivity index (χ2v) is 3.68. The van der Waals surface area contributed by atoms with Gasteiger partial charge in [0.05, 0.1) is 13.0 Å². The van der Waals surface area contributed by atoms with Crippen molar-refractivity contribution in [1.29, 1.82) is 0 Å². The van der Waals surface area contributed by atoms with E-state index in [2.05, 4.69) is 5.32 Å². The fourth-order valence-electron chi connectivity index (χ4n) is 1.94. The maximum absolute atomic E-state index is 11.7. The fourth-order valence-corrected chi connectivity index (χ4v) is 1.94. The monoisotopic (exact) mass is 200 g/mol. The van der Waals surface area contributed by atoms with Crippen molar-refractivity contribution in [2.75, 3.05) is 33.9 Å². The van der Waals surface area contributed by atoms with E-state index in [1.807, 2.05) is 11.9 Å². The van der Waals surface area contributed by atoms with E-state index in [0.717, 1.165) is 25.9 Å². The van der Waals surface area contributed by atoms with Crippen molar-refractivity contribution in [3.8, 4) is 0 Å². The summed E-state index contributed by atoms with van der Waals surface area (Å²) in [7, 11) is 3.55. The average molecular weight is 200 g/mol. The van der Waals surface area contributed by atoms with Crippen LogP contribution < -0.4 is 5.32 Å². The molecule has 0 aromatic carbocycles. The van der Waals surface area contributed by atoms with Gasteiger partial charge in [-0.25, -0.2) is 0 Å². The SMILES string of the molecule is CNCC1CCCN1C(=O)CCOC. The number of likely N-dealkylation sites (tertiary alicyclic amines) is 1. The number of carbonyl (C=O) groups is 1. The van der Waals surface area contributed by atoms with Crippen LogP contribution in [0.25, 0.3) is 0 Å². The molecule has 82 valence electrons. The molecule has 1 heterocycles. The largest absolute Gasteiger partial charge is 0.384 e. The van der Waals surface area contributed by atoms with Gasteiger partial charge in [-0.1, -0.05) is 0 Å². The van der Waals surface area contributed by atoms with Gasteiger partial charge in [-0.2, -0.15) is 0 Å². The van der Waals surface area contributed by atoms with Crippen molar-refractivity contribution in [3.63, 3.8) is 0 Å². The topological polar surface area (TPSA) is 41.6 Å². The van der Waals surface area contributed by atoms with E-state index in [9.17, 15) is 4.79 Å². The third-order valence-electron chi connectivity index (χ3n) is 2.66. The quantitative estimate of drug-likeness (QED) is 0.691. The first kappa shape index (κ1) is 11.5. The number of likely N-dealkylation sites (N-methyl/N-ethyl adjacent to an activating group) is 1. The van der Waals surface area contributed by atoms with Crippen LogP contribution in [0.5, 0.6) is 0 Å². The number of hydrogen-bond donors (Lipinski definition) is 1. The average Bonchev–Trinajstić information content (AvgIpc) is 2.63. The van der Waals surface area contributed by atoms with Crippen LogP contribution >= 0.6 is 0 Å². The normalized spacial score (nSPS) is 21.6. The van der Waals surface area contributed by atoms with Gasteiger partial charge in [-0.15, -0.1) is 0 Å². The summed E-state index contributed by atoms with van der Waals surface area (Å²) >= 11 is 0. The van der Waals surface area contributed by atoms with Crippen LogP contribution in [0.1, 0.15) is 19.3 Å². The second kappa shape index (κ2) is 5.98. The smallest absolute Gasteiger partial charge is 0.225 e. The molecule has 1 rings (SSSR count). The molecule has 0 saturated carbocycles. The van der Waals surface area contributed by atoms with E-state index in [1.54, 1.807) is 7.11 Å². The molecule has 0 aromatic rings. The van der Waals surface area contributed by atoms with Crippen LogP contribution in [0.2, 0.25) is 0 Å². The molecule has 0 aliphatic carbocycles. The van der Waals surface area contributed by atoms with Crippen molar-refractivity contribution in [2.45, 2.75) is 25.3 Å². The zero-order valence-corrected chi connectivity index (χ0v) is 9.08. The fraction of sp³-hybridized carbons (Fsp3) is 0.900. The van der Waals surface area contributed by atoms with Gasteiger partial charge < -0.3 is 15.0 Å². The Morgan fingerprint density at radius 2 is 2.43 bits per heavy atom. The van der Waals surface area contributed by atoms with E-state index < -0.39 is 0 Å². The number of amides is 1. The maximum atomic E-state index is 11.7. The molecular weight excluding hydrogens is 180 g/mol. The molecule has 1 saturated heterocycles. The molecule has 1 atom stereocenters. The summed E-state index contributed by atoms with van der Waals surface area (Å²) < 4.78 is 4.90. The summed E-state index contributed by atoms with van der Waals surface area (Å²) in [6.07, 6.45) is 2.77. The molecule has 0 aromatic heterocycles. The molecule has 1 aliphatic rings. The number of ether oxygens (including phenoxy) is 1. The number of hydrogen-bond acceptors (Lipinski definition) is 3. The van der Waals surface area contributed by atoms with Crippen molar-refractivity contribution >= 4 is 5.91 Å². The lowest BCUT2D eigenvalue weighted by Gasteiger charge is -2.24. The molecule has 0 bridgehead atoms. The lowest BCUT2D eigenvalue weighted by molar-refractivity contribution is -0.132. The highest BCUT2D eigenvalue weighted by molar-refractivity contribution is 5.76. The summed E-state index contributed by atoms with van der Waals surface area (Å²) in [4.78, 5) is 13.7. The van der Waals surface area contributed by atoms with Crippen LogP contribution in [0, 0.1) is 0 Å². The van der Waals surface area contributed by atoms with Crippen molar-refractivity contribution in [2.24, 2.45) is 0 Å². The molecule has 1 fully saturated rings. The van der Waals surface area contributed by atoms with Gasteiger partial charge in [0, 0.05) is 26.2 Å². The Bertz CT molecular complexity index is 185. The summed E-state index contributed by atoms with van der Waals surface area (Å²) in [6, 6.07) is 0.393. The molecule has 4 nitrogen and oxygen atoms in total. The highest BCUT2D eigenvalue weighted by Gasteiger charge is 2.27. The van der Waals surface area contributed by atoms with E-state index in [4.69, 9.17) is 4.74 Å². The third kappa shape index (κ3) is 2.96. The standard InChI is InChI=1S/C10H20N2O2/c1-11-8-9-4-3-6-12(9)10(13)5-7-14-2/h9,11H,3-8H2,1-2H3. The molecule has 4 heteroatoms. The number of rotatable bonds is 5. The van der Waals surface area contributed by atoms with Gasteiger partial charge in [-0.05, 0) is 19.9 Å². The predicted molar refractivity (Wildman–Crippen MR) is 55.2 cm³/mol. The van der Waals surface area contributed by atoms with Gasteiger partial charge in [0.2, 0.25) is 5.91 Å². The Kier molecular flexibility index (Phi) is 4.90. The summed E-state index contributed by atoms with van der Waals surface area (Å²) in [5.41, 5.74) is 0. The van der Waals surface area contributed by atoms with Crippen LogP contribution in [-0.2, 0) is 9.53 Å². The minimum Gasteiger partial charge on any atom is -0.384 e. The number of nitrogens with zero attached hydrogens (tertiary/aromatic N) is 1. The van der Waals surface area contributed by atoms with Gasteiger partial charge >= 0.3 is 0 Å². The maximum Gasteiger partial charge on any atom is 0.225 e. The van der Waals surface area contributed by atoms with Gasteiger partial charge in [0.25, 0.3) is 0 Å². The molecule has 1 N–H and O–H groups in total. The zero-order chi connectivity index (χ0) is 10.4. The van der Waals surface area contributed by atoms with E-state index in [-0.39, 0.29) is 5.91 Å². The number of carbonyl (C=O) groups excluding carboxylic acids is 1. The Hall–Kier alpha value is -0.610. The predicted octanol–water partition coefficient (Wildman–Crippen LogP) is 0.233. The van der Waals surface area contributed by atoms with Crippen LogP contribution in [-0.4, -0.2) is 50.7 Å². The van der Waals surface area contributed by atoms with Gasteiger partial charge in [-0.3, -0.25) is 4.79 Å². The molecule has 1 aliphatic heterocycles. The Morgan fingerprint density at radius 1 is 1.64 bits per heavy atom. The molecule has 14 heavy (non-hydrogen) atoms. The van der Waals surface area contributed by atoms with Gasteiger partial charge in [0.1, 0.15) is 0 Å². The zero-order valence-electron chi connectivity index (χ0n) is 9.08. The van der Waals surface area contributed by atoms with Crippen LogP contribution in [0.15, 0.2) is 0 Å². The third-order valence-corrected chi connectivity index (χ3v) is 2.66. The summed E-state index contributed by atoms with van der Waals surface area (Å²) in [5.74, 6) is 0.226. The second-order valence-electron chi connectivity index (χ2n) is 3.68. The summed E-state index contributed by atoms with van der Waals surface area (Å²) in [6.45, 7) is 2.34. The van der Waals surface area contributed by atoms with Crippen molar-refractivity contribution in [3.05, 3.63) is 0 Å². The molecule has 0 spiro atoms. The van der Waals surface area contributed by atoms with Crippen LogP contribution in [0.3, 0.4) is 0 Å². The molecule has 1 unspecified atom stereocenters. The van der Waals surface area contributed by atoms with Crippen molar-refractivity contribution < 1.29 is 9.53 Å². The van der Waals surface area contributed by atoms with E-state index in [1.165, 1.54) is 0 Å². The summed E-state index contributed by atoms with van der Waals surface area (Å²) in [5, 5.41) is 3.13. The highest BCUT2D eigenvalue weighted by atomic mass is 16.5. The van der Waals surface area contributed by atoms with E-state index in [0.29, 0.717) is 19.1 Å². The highest BCUT2D eigenvalue weighted by Crippen LogP contribution is 2.17. The first-order valence-electron chi connectivity index (χ1n) is 5.22. The Balaban J connectivity index is 2.36. The lowest BCUT2D eigenvalue weighted by Crippen LogP contribution is -2.41. The number of nitrogens with one attached hydrogen (secondary N) is 1. The number of methoxy groups -OCH3 is 1.